The van der Waals surface area contributed by atoms with Gasteiger partial charge in [-0.1, -0.05) is 0 Å². The van der Waals surface area contributed by atoms with Crippen molar-refractivity contribution in [2.24, 2.45) is 0 Å². The van der Waals surface area contributed by atoms with E-state index in [1.165, 1.54) is 0 Å². The van der Waals surface area contributed by atoms with Crippen molar-refractivity contribution < 1.29 is 4.92 Å². The van der Waals surface area contributed by atoms with Crippen LogP contribution < -0.4 is 0 Å². The van der Waals surface area contributed by atoms with Gasteiger partial charge in [-0.15, -0.1) is 11.3 Å². The van der Waals surface area contributed by atoms with Gasteiger partial charge in [0, 0.05) is 0 Å². The van der Waals surface area contributed by atoms with Crippen molar-refractivity contribution in [2.75, 3.05) is 0 Å². The SMILES string of the molecule is Cc1sc(C#N)[c]c1[N+](=O)[O-]. The summed E-state index contributed by atoms with van der Waals surface area (Å²) in [7, 11) is 0. The van der Waals surface area contributed by atoms with Crippen molar-refractivity contribution in [3.63, 3.8) is 0 Å². The molecule has 1 heterocycles. The molecule has 0 N–H and O–H groups in total. The highest BCUT2D eigenvalue weighted by molar-refractivity contribution is 7.12. The molecule has 0 fully saturated rings. The minimum Gasteiger partial charge on any atom is -0.258 e. The van der Waals surface area contributed by atoms with E-state index in [4.69, 9.17) is 5.26 Å². The van der Waals surface area contributed by atoms with Crippen LogP contribution in [0.2, 0.25) is 0 Å². The fraction of sp³-hybridized carbons (Fsp3) is 0.167. The van der Waals surface area contributed by atoms with Crippen molar-refractivity contribution in [1.29, 1.82) is 5.26 Å². The minimum absolute atomic E-state index is 0.0912. The Kier molecular flexibility index (Phi) is 1.87. The average Bonchev–Trinajstić information content (AvgIpc) is 2.30. The molecule has 0 bridgehead atoms. The van der Waals surface area contributed by atoms with Crippen LogP contribution in [0.4, 0.5) is 5.69 Å². The molecular weight excluding hydrogens is 164 g/mol. The lowest BCUT2D eigenvalue weighted by Gasteiger charge is -1.82. The van der Waals surface area contributed by atoms with Crippen LogP contribution in [0, 0.1) is 34.4 Å². The third-order valence-electron chi connectivity index (χ3n) is 1.10. The number of thiophene rings is 1. The van der Waals surface area contributed by atoms with Crippen molar-refractivity contribution in [3.05, 3.63) is 25.9 Å². The highest BCUT2D eigenvalue weighted by Crippen LogP contribution is 2.26. The smallest absolute Gasteiger partial charge is 0.258 e. The van der Waals surface area contributed by atoms with Crippen LogP contribution in [0.25, 0.3) is 0 Å². The third kappa shape index (κ3) is 1.36. The van der Waals surface area contributed by atoms with Gasteiger partial charge >= 0.3 is 0 Å². The molecule has 0 aliphatic rings. The zero-order valence-electron chi connectivity index (χ0n) is 5.62. The van der Waals surface area contributed by atoms with Crippen LogP contribution in [0.3, 0.4) is 0 Å². The molecule has 0 saturated carbocycles. The van der Waals surface area contributed by atoms with Crippen molar-refractivity contribution in [1.82, 2.24) is 0 Å². The fourth-order valence-electron chi connectivity index (χ4n) is 0.647. The number of hydrogen-bond donors (Lipinski definition) is 0. The van der Waals surface area contributed by atoms with Gasteiger partial charge in [-0.3, -0.25) is 10.1 Å². The summed E-state index contributed by atoms with van der Waals surface area (Å²) < 4.78 is 0. The standard InChI is InChI=1S/C6H3N2O2S/c1-4-6(8(9)10)2-5(3-7)11-4/h1H3. The molecule has 1 aromatic heterocycles. The molecule has 0 spiro atoms. The van der Waals surface area contributed by atoms with E-state index in [1.54, 1.807) is 13.0 Å². The molecule has 4 nitrogen and oxygen atoms in total. The van der Waals surface area contributed by atoms with Crippen LogP contribution in [-0.4, -0.2) is 4.92 Å². The molecule has 0 atom stereocenters. The normalized spacial score (nSPS) is 9.09. The van der Waals surface area contributed by atoms with E-state index in [0.29, 0.717) is 4.88 Å². The number of nitriles is 1. The molecule has 0 unspecified atom stereocenters. The minimum atomic E-state index is -0.535. The molecule has 5 heteroatoms. The van der Waals surface area contributed by atoms with Crippen LogP contribution in [0.1, 0.15) is 9.75 Å². The number of nitrogens with zero attached hydrogens (tertiary/aromatic N) is 2. The van der Waals surface area contributed by atoms with Crippen LogP contribution in [0.15, 0.2) is 0 Å². The summed E-state index contributed by atoms with van der Waals surface area (Å²) in [5.74, 6) is 0. The number of rotatable bonds is 1. The number of nitro groups is 1. The molecule has 1 radical (unpaired) electrons. The first-order valence-electron chi connectivity index (χ1n) is 2.72. The maximum Gasteiger partial charge on any atom is 0.292 e. The van der Waals surface area contributed by atoms with Crippen LogP contribution >= 0.6 is 11.3 Å². The van der Waals surface area contributed by atoms with Crippen molar-refractivity contribution in [3.8, 4) is 6.07 Å². The quantitative estimate of drug-likeness (QED) is 0.471. The van der Waals surface area contributed by atoms with Gasteiger partial charge in [-0.25, -0.2) is 0 Å². The number of hydrogen-bond acceptors (Lipinski definition) is 4. The Bertz CT molecular complexity index is 337. The summed E-state index contributed by atoms with van der Waals surface area (Å²) in [6, 6.07) is 4.19. The third-order valence-corrected chi connectivity index (χ3v) is 2.00. The number of aryl methyl sites for hydroxylation is 1. The van der Waals surface area contributed by atoms with E-state index in [0.717, 1.165) is 11.3 Å². The highest BCUT2D eigenvalue weighted by Gasteiger charge is 2.15. The monoisotopic (exact) mass is 167 g/mol. The van der Waals surface area contributed by atoms with Gasteiger partial charge < -0.3 is 0 Å². The molecule has 11 heavy (non-hydrogen) atoms. The van der Waals surface area contributed by atoms with Gasteiger partial charge in [0.25, 0.3) is 5.69 Å². The van der Waals surface area contributed by atoms with Gasteiger partial charge in [-0.05, 0) is 6.92 Å². The van der Waals surface area contributed by atoms with Gasteiger partial charge in [-0.2, -0.15) is 5.26 Å². The predicted molar refractivity (Wildman–Crippen MR) is 39.3 cm³/mol. The highest BCUT2D eigenvalue weighted by atomic mass is 32.1. The largest absolute Gasteiger partial charge is 0.292 e. The first-order valence-corrected chi connectivity index (χ1v) is 3.54. The first kappa shape index (κ1) is 7.69. The van der Waals surface area contributed by atoms with Gasteiger partial charge in [0.2, 0.25) is 0 Å². The average molecular weight is 167 g/mol. The maximum atomic E-state index is 10.2. The van der Waals surface area contributed by atoms with Crippen LogP contribution in [0.5, 0.6) is 0 Å². The van der Waals surface area contributed by atoms with Gasteiger partial charge in [0.05, 0.1) is 15.9 Å². The van der Waals surface area contributed by atoms with Crippen molar-refractivity contribution in [2.45, 2.75) is 6.92 Å². The Labute approximate surface area is 66.8 Å². The predicted octanol–water partition coefficient (Wildman–Crippen LogP) is 1.64. The second-order valence-electron chi connectivity index (χ2n) is 1.83. The van der Waals surface area contributed by atoms with E-state index in [9.17, 15) is 10.1 Å². The first-order chi connectivity index (χ1) is 5.15. The molecule has 0 saturated heterocycles. The Morgan fingerprint density at radius 1 is 1.82 bits per heavy atom. The van der Waals surface area contributed by atoms with E-state index >= 15 is 0 Å². The Morgan fingerprint density at radius 3 is 2.73 bits per heavy atom. The van der Waals surface area contributed by atoms with E-state index in [-0.39, 0.29) is 10.6 Å². The molecule has 1 rings (SSSR count). The molecule has 55 valence electrons. The summed E-state index contributed by atoms with van der Waals surface area (Å²) in [6.07, 6.45) is 0. The summed E-state index contributed by atoms with van der Waals surface area (Å²) in [4.78, 5) is 10.5. The van der Waals surface area contributed by atoms with E-state index in [2.05, 4.69) is 6.07 Å². The lowest BCUT2D eigenvalue weighted by molar-refractivity contribution is -0.385. The maximum absolute atomic E-state index is 10.2. The molecule has 0 amide bonds. The Morgan fingerprint density at radius 2 is 2.45 bits per heavy atom. The lowest BCUT2D eigenvalue weighted by atomic mass is 10.4. The summed E-state index contributed by atoms with van der Waals surface area (Å²) >= 11 is 1.08. The second kappa shape index (κ2) is 2.68. The van der Waals surface area contributed by atoms with Gasteiger partial charge in [0.1, 0.15) is 10.9 Å². The lowest BCUT2D eigenvalue weighted by Crippen LogP contribution is -1.85. The molecule has 0 aliphatic heterocycles. The van der Waals surface area contributed by atoms with Gasteiger partial charge in [0.15, 0.2) is 0 Å². The molecule has 0 aliphatic carbocycles. The Hall–Kier alpha value is -1.41. The second-order valence-corrected chi connectivity index (χ2v) is 3.05. The molecule has 1 aromatic rings. The molecular formula is C6H3N2O2S. The Balaban J connectivity index is 3.20. The summed E-state index contributed by atoms with van der Waals surface area (Å²) in [6.45, 7) is 1.60. The molecule has 0 aromatic carbocycles. The summed E-state index contributed by atoms with van der Waals surface area (Å²) in [5.41, 5.74) is -0.0912. The van der Waals surface area contributed by atoms with E-state index < -0.39 is 4.92 Å². The zero-order chi connectivity index (χ0) is 8.43. The van der Waals surface area contributed by atoms with Crippen LogP contribution in [-0.2, 0) is 0 Å². The van der Waals surface area contributed by atoms with E-state index in [1.807, 2.05) is 0 Å². The summed E-state index contributed by atoms with van der Waals surface area (Å²) in [5, 5.41) is 18.6. The van der Waals surface area contributed by atoms with Crippen molar-refractivity contribution >= 4 is 17.0 Å². The topological polar surface area (TPSA) is 66.9 Å². The fourth-order valence-corrected chi connectivity index (χ4v) is 1.37. The zero-order valence-corrected chi connectivity index (χ0v) is 6.44.